The second-order valence-electron chi connectivity index (χ2n) is 3.14. The van der Waals surface area contributed by atoms with Crippen molar-refractivity contribution in [3.05, 3.63) is 35.4 Å². The van der Waals surface area contributed by atoms with E-state index in [9.17, 15) is 4.79 Å². The van der Waals surface area contributed by atoms with Gasteiger partial charge in [-0.1, -0.05) is 25.1 Å². The summed E-state index contributed by atoms with van der Waals surface area (Å²) in [6, 6.07) is 7.07. The van der Waals surface area contributed by atoms with Crippen LogP contribution in [0, 0.1) is 0 Å². The summed E-state index contributed by atoms with van der Waals surface area (Å²) in [4.78, 5) is 10.8. The van der Waals surface area contributed by atoms with Crippen molar-refractivity contribution in [1.29, 1.82) is 0 Å². The number of aromatic carboxylic acids is 1. The molecule has 0 heterocycles. The van der Waals surface area contributed by atoms with Gasteiger partial charge in [-0.15, -0.1) is 0 Å². The van der Waals surface area contributed by atoms with Crippen molar-refractivity contribution < 1.29 is 9.90 Å². The molecule has 0 fully saturated rings. The van der Waals surface area contributed by atoms with Crippen molar-refractivity contribution in [2.45, 2.75) is 19.9 Å². The van der Waals surface area contributed by atoms with Crippen molar-refractivity contribution in [2.75, 3.05) is 6.54 Å². The van der Waals surface area contributed by atoms with Crippen LogP contribution in [0.5, 0.6) is 0 Å². The lowest BCUT2D eigenvalue weighted by Crippen LogP contribution is -2.16. The van der Waals surface area contributed by atoms with Gasteiger partial charge in [0.15, 0.2) is 0 Å². The van der Waals surface area contributed by atoms with Crippen LogP contribution in [0.1, 0.15) is 29.3 Å². The molecule has 3 heteroatoms. The standard InChI is InChI=1S/C11H15NO2/c1-2-7-12-8-9-5-3-4-6-10(9)11(13)14/h3-6,12H,2,7-8H2,1H3,(H,13,14). The minimum Gasteiger partial charge on any atom is -0.478 e. The predicted molar refractivity (Wildman–Crippen MR) is 55.4 cm³/mol. The van der Waals surface area contributed by atoms with Gasteiger partial charge in [0.1, 0.15) is 0 Å². The van der Waals surface area contributed by atoms with Crippen LogP contribution in [0.25, 0.3) is 0 Å². The molecule has 0 aliphatic heterocycles. The van der Waals surface area contributed by atoms with Crippen LogP contribution in [0.3, 0.4) is 0 Å². The van der Waals surface area contributed by atoms with Crippen LogP contribution in [0.15, 0.2) is 24.3 Å². The normalized spacial score (nSPS) is 10.1. The molecule has 1 aromatic rings. The molecule has 0 aromatic heterocycles. The Labute approximate surface area is 83.8 Å². The van der Waals surface area contributed by atoms with Gasteiger partial charge in [0.2, 0.25) is 0 Å². The molecule has 76 valence electrons. The molecule has 2 N–H and O–H groups in total. The number of rotatable bonds is 5. The fourth-order valence-corrected chi connectivity index (χ4v) is 1.28. The average Bonchev–Trinajstić information content (AvgIpc) is 2.19. The highest BCUT2D eigenvalue weighted by Crippen LogP contribution is 2.07. The van der Waals surface area contributed by atoms with Gasteiger partial charge in [-0.2, -0.15) is 0 Å². The maximum Gasteiger partial charge on any atom is 0.336 e. The number of benzene rings is 1. The quantitative estimate of drug-likeness (QED) is 0.702. The molecule has 0 aliphatic carbocycles. The van der Waals surface area contributed by atoms with Gasteiger partial charge in [-0.3, -0.25) is 0 Å². The van der Waals surface area contributed by atoms with Crippen molar-refractivity contribution in [2.24, 2.45) is 0 Å². The average molecular weight is 193 g/mol. The summed E-state index contributed by atoms with van der Waals surface area (Å²) in [6.07, 6.45) is 1.05. The number of carboxylic acids is 1. The number of nitrogens with one attached hydrogen (secondary N) is 1. The molecule has 0 saturated carbocycles. The lowest BCUT2D eigenvalue weighted by Gasteiger charge is -2.06. The molecule has 0 atom stereocenters. The van der Waals surface area contributed by atoms with E-state index >= 15 is 0 Å². The van der Waals surface area contributed by atoms with E-state index in [-0.39, 0.29) is 0 Å². The van der Waals surface area contributed by atoms with Gasteiger partial charge < -0.3 is 10.4 Å². The van der Waals surface area contributed by atoms with E-state index in [1.54, 1.807) is 12.1 Å². The Morgan fingerprint density at radius 2 is 2.14 bits per heavy atom. The number of carbonyl (C=O) groups is 1. The lowest BCUT2D eigenvalue weighted by atomic mass is 10.1. The second kappa shape index (κ2) is 5.40. The van der Waals surface area contributed by atoms with E-state index in [0.717, 1.165) is 18.5 Å². The Morgan fingerprint density at radius 3 is 2.79 bits per heavy atom. The number of hydrogen-bond acceptors (Lipinski definition) is 2. The zero-order chi connectivity index (χ0) is 10.4. The minimum absolute atomic E-state index is 0.385. The lowest BCUT2D eigenvalue weighted by molar-refractivity contribution is 0.0695. The van der Waals surface area contributed by atoms with Gasteiger partial charge in [-0.05, 0) is 24.6 Å². The van der Waals surface area contributed by atoms with Gasteiger partial charge in [0.05, 0.1) is 5.56 Å². The second-order valence-corrected chi connectivity index (χ2v) is 3.14. The molecule has 0 amide bonds. The third kappa shape index (κ3) is 2.85. The van der Waals surface area contributed by atoms with Gasteiger partial charge in [0, 0.05) is 6.54 Å². The molecule has 1 rings (SSSR count). The molecular formula is C11H15NO2. The molecule has 3 nitrogen and oxygen atoms in total. The summed E-state index contributed by atoms with van der Waals surface area (Å²) >= 11 is 0. The monoisotopic (exact) mass is 193 g/mol. The molecule has 0 unspecified atom stereocenters. The Balaban J connectivity index is 2.69. The summed E-state index contributed by atoms with van der Waals surface area (Å²) in [7, 11) is 0. The van der Waals surface area contributed by atoms with E-state index in [0.29, 0.717) is 12.1 Å². The third-order valence-electron chi connectivity index (χ3n) is 1.99. The first-order valence-electron chi connectivity index (χ1n) is 4.77. The topological polar surface area (TPSA) is 49.3 Å². The predicted octanol–water partition coefficient (Wildman–Crippen LogP) is 1.88. The van der Waals surface area contributed by atoms with E-state index in [2.05, 4.69) is 12.2 Å². The molecule has 0 aliphatic rings. The van der Waals surface area contributed by atoms with Crippen LogP contribution in [0.2, 0.25) is 0 Å². The summed E-state index contributed by atoms with van der Waals surface area (Å²) in [5.41, 5.74) is 1.23. The molecule has 0 saturated heterocycles. The maximum atomic E-state index is 10.8. The highest BCUT2D eigenvalue weighted by atomic mass is 16.4. The highest BCUT2D eigenvalue weighted by Gasteiger charge is 2.07. The Morgan fingerprint density at radius 1 is 1.43 bits per heavy atom. The van der Waals surface area contributed by atoms with Crippen LogP contribution in [0.4, 0.5) is 0 Å². The Bertz CT molecular complexity index is 310. The fraction of sp³-hybridized carbons (Fsp3) is 0.364. The van der Waals surface area contributed by atoms with E-state index in [1.807, 2.05) is 12.1 Å². The van der Waals surface area contributed by atoms with E-state index in [4.69, 9.17) is 5.11 Å². The first kappa shape index (κ1) is 10.7. The zero-order valence-electron chi connectivity index (χ0n) is 8.29. The van der Waals surface area contributed by atoms with Crippen molar-refractivity contribution in [1.82, 2.24) is 5.32 Å². The molecule has 14 heavy (non-hydrogen) atoms. The van der Waals surface area contributed by atoms with Crippen LogP contribution in [-0.2, 0) is 6.54 Å². The molecule has 0 radical (unpaired) electrons. The smallest absolute Gasteiger partial charge is 0.336 e. The zero-order valence-corrected chi connectivity index (χ0v) is 8.29. The number of hydrogen-bond donors (Lipinski definition) is 2. The summed E-state index contributed by atoms with van der Waals surface area (Å²) in [6.45, 7) is 3.61. The Hall–Kier alpha value is -1.35. The molecule has 1 aromatic carbocycles. The van der Waals surface area contributed by atoms with Crippen LogP contribution < -0.4 is 5.32 Å². The van der Waals surface area contributed by atoms with Crippen LogP contribution in [-0.4, -0.2) is 17.6 Å². The summed E-state index contributed by atoms with van der Waals surface area (Å²) in [5, 5.41) is 12.1. The van der Waals surface area contributed by atoms with Crippen molar-refractivity contribution in [3.8, 4) is 0 Å². The minimum atomic E-state index is -0.862. The van der Waals surface area contributed by atoms with Crippen molar-refractivity contribution in [3.63, 3.8) is 0 Å². The summed E-state index contributed by atoms with van der Waals surface area (Å²) < 4.78 is 0. The molecule has 0 spiro atoms. The molecule has 0 bridgehead atoms. The van der Waals surface area contributed by atoms with Gasteiger partial charge in [0.25, 0.3) is 0 Å². The first-order chi connectivity index (χ1) is 6.75. The fourth-order valence-electron chi connectivity index (χ4n) is 1.28. The third-order valence-corrected chi connectivity index (χ3v) is 1.99. The maximum absolute atomic E-state index is 10.8. The Kier molecular flexibility index (Phi) is 4.13. The van der Waals surface area contributed by atoms with Gasteiger partial charge >= 0.3 is 5.97 Å². The number of carboxylic acid groups (broad SMARTS) is 1. The highest BCUT2D eigenvalue weighted by molar-refractivity contribution is 5.89. The largest absolute Gasteiger partial charge is 0.478 e. The van der Waals surface area contributed by atoms with Gasteiger partial charge in [-0.25, -0.2) is 4.79 Å². The van der Waals surface area contributed by atoms with Crippen LogP contribution >= 0.6 is 0 Å². The van der Waals surface area contributed by atoms with Crippen molar-refractivity contribution >= 4 is 5.97 Å². The first-order valence-corrected chi connectivity index (χ1v) is 4.77. The summed E-state index contributed by atoms with van der Waals surface area (Å²) in [5.74, 6) is -0.862. The van der Waals surface area contributed by atoms with E-state index < -0.39 is 5.97 Å². The van der Waals surface area contributed by atoms with E-state index in [1.165, 1.54) is 0 Å². The SMILES string of the molecule is CCCNCc1ccccc1C(=O)O. The molecular weight excluding hydrogens is 178 g/mol.